The van der Waals surface area contributed by atoms with Crippen LogP contribution in [0.2, 0.25) is 0 Å². The molecule has 1 fully saturated rings. The molecule has 1 aromatic carbocycles. The van der Waals surface area contributed by atoms with Gasteiger partial charge in [0.15, 0.2) is 4.34 Å². The zero-order chi connectivity index (χ0) is 22.1. The van der Waals surface area contributed by atoms with E-state index in [1.54, 1.807) is 23.6 Å². The number of aromatic nitrogens is 2. The number of hydrogen-bond donors (Lipinski definition) is 2. The Labute approximate surface area is 190 Å². The van der Waals surface area contributed by atoms with Crippen molar-refractivity contribution in [2.24, 2.45) is 0 Å². The Kier molecular flexibility index (Phi) is 8.84. The third kappa shape index (κ3) is 7.62. The second kappa shape index (κ2) is 11.8. The first kappa shape index (κ1) is 23.2. The Morgan fingerprint density at radius 2 is 1.77 bits per heavy atom. The number of benzene rings is 1. The van der Waals surface area contributed by atoms with Crippen molar-refractivity contribution >= 4 is 46.0 Å². The van der Waals surface area contributed by atoms with Gasteiger partial charge >= 0.3 is 0 Å². The number of carbonyl (C=O) groups is 3. The number of nitrogens with zero attached hydrogens (tertiary/aromatic N) is 3. The van der Waals surface area contributed by atoms with Gasteiger partial charge in [-0.1, -0.05) is 53.4 Å². The molecule has 0 bridgehead atoms. The van der Waals surface area contributed by atoms with E-state index in [4.69, 9.17) is 0 Å². The van der Waals surface area contributed by atoms with E-state index in [-0.39, 0.29) is 30.6 Å². The predicted octanol–water partition coefficient (Wildman–Crippen LogP) is 3.07. The number of piperidine rings is 1. The molecule has 3 amide bonds. The highest BCUT2D eigenvalue weighted by Crippen LogP contribution is 2.28. The molecule has 0 radical (unpaired) electrons. The molecule has 3 rings (SSSR count). The molecule has 1 saturated heterocycles. The fourth-order valence-electron chi connectivity index (χ4n) is 3.21. The maximum atomic E-state index is 12.4. The van der Waals surface area contributed by atoms with Gasteiger partial charge in [0.05, 0.1) is 0 Å². The monoisotopic (exact) mass is 461 g/mol. The topological polar surface area (TPSA) is 104 Å². The van der Waals surface area contributed by atoms with Crippen molar-refractivity contribution in [1.82, 2.24) is 20.4 Å². The molecule has 1 unspecified atom stereocenters. The smallest absolute Gasteiger partial charge is 0.244 e. The van der Waals surface area contributed by atoms with Crippen molar-refractivity contribution in [3.8, 4) is 0 Å². The van der Waals surface area contributed by atoms with Crippen LogP contribution in [-0.2, 0) is 20.1 Å². The normalized spacial score (nSPS) is 14.7. The van der Waals surface area contributed by atoms with E-state index in [1.165, 1.54) is 16.9 Å². The largest absolute Gasteiger partial charge is 0.345 e. The van der Waals surface area contributed by atoms with Crippen LogP contribution in [0.5, 0.6) is 0 Å². The molecule has 8 nitrogen and oxygen atoms in total. The van der Waals surface area contributed by atoms with Crippen LogP contribution in [0.4, 0.5) is 5.13 Å². The summed E-state index contributed by atoms with van der Waals surface area (Å²) >= 11 is 2.86. The Morgan fingerprint density at radius 3 is 2.52 bits per heavy atom. The second-order valence-corrected chi connectivity index (χ2v) is 9.57. The fraction of sp³-hybridized carbons (Fsp3) is 0.476. The lowest BCUT2D eigenvalue weighted by Crippen LogP contribution is -2.48. The molecule has 31 heavy (non-hydrogen) atoms. The molecular formula is C21H27N5O3S2. The van der Waals surface area contributed by atoms with Gasteiger partial charge in [0, 0.05) is 31.7 Å². The summed E-state index contributed by atoms with van der Waals surface area (Å²) in [4.78, 5) is 38.4. The first-order valence-electron chi connectivity index (χ1n) is 10.4. The van der Waals surface area contributed by atoms with Crippen LogP contribution in [0, 0.1) is 0 Å². The summed E-state index contributed by atoms with van der Waals surface area (Å²) in [6, 6.07) is 9.46. The molecular weight excluding hydrogens is 434 g/mol. The lowest BCUT2D eigenvalue weighted by Gasteiger charge is -2.29. The lowest BCUT2D eigenvalue weighted by atomic mass is 10.1. The van der Waals surface area contributed by atoms with Gasteiger partial charge in [-0.2, -0.15) is 0 Å². The molecule has 2 N–H and O–H groups in total. The van der Waals surface area contributed by atoms with Crippen LogP contribution in [0.15, 0.2) is 34.7 Å². The van der Waals surface area contributed by atoms with Crippen molar-refractivity contribution < 1.29 is 14.4 Å². The summed E-state index contributed by atoms with van der Waals surface area (Å²) in [6.45, 7) is 3.18. The zero-order valence-electron chi connectivity index (χ0n) is 17.5. The van der Waals surface area contributed by atoms with E-state index in [0.29, 0.717) is 5.13 Å². The van der Waals surface area contributed by atoms with Gasteiger partial charge in [-0.15, -0.1) is 10.2 Å². The van der Waals surface area contributed by atoms with Crippen molar-refractivity contribution in [3.05, 3.63) is 35.9 Å². The second-order valence-electron chi connectivity index (χ2n) is 7.37. The molecule has 2 aromatic rings. The van der Waals surface area contributed by atoms with Gasteiger partial charge in [-0.05, 0) is 31.7 Å². The van der Waals surface area contributed by atoms with Crippen LogP contribution in [-0.4, -0.2) is 52.0 Å². The fourth-order valence-corrected chi connectivity index (χ4v) is 4.93. The molecule has 0 spiro atoms. The maximum Gasteiger partial charge on any atom is 0.244 e. The minimum Gasteiger partial charge on any atom is -0.345 e. The number of carbonyl (C=O) groups excluding carboxylic acids is 3. The van der Waals surface area contributed by atoms with Crippen LogP contribution < -0.4 is 10.6 Å². The zero-order valence-corrected chi connectivity index (χ0v) is 19.1. The molecule has 0 saturated carbocycles. The summed E-state index contributed by atoms with van der Waals surface area (Å²) in [5.41, 5.74) is 1.19. The Balaban J connectivity index is 1.36. The number of amides is 3. The number of thioether (sulfide) groups is 1. The molecule has 1 atom stereocenters. The van der Waals surface area contributed by atoms with Crippen molar-refractivity contribution in [3.63, 3.8) is 0 Å². The molecule has 166 valence electrons. The van der Waals surface area contributed by atoms with Gasteiger partial charge in [0.2, 0.25) is 22.9 Å². The summed E-state index contributed by atoms with van der Waals surface area (Å²) < 4.78 is 0.766. The van der Waals surface area contributed by atoms with Gasteiger partial charge < -0.3 is 15.5 Å². The van der Waals surface area contributed by atoms with Crippen LogP contribution in [0.3, 0.4) is 0 Å². The first-order valence-corrected chi connectivity index (χ1v) is 12.2. The van der Waals surface area contributed by atoms with Gasteiger partial charge in [-0.3, -0.25) is 14.4 Å². The van der Waals surface area contributed by atoms with Crippen LogP contribution in [0.25, 0.3) is 0 Å². The minimum absolute atomic E-state index is 0.0118. The average molecular weight is 462 g/mol. The van der Waals surface area contributed by atoms with Crippen molar-refractivity contribution in [2.45, 2.75) is 55.2 Å². The van der Waals surface area contributed by atoms with E-state index < -0.39 is 6.04 Å². The summed E-state index contributed by atoms with van der Waals surface area (Å²) in [5.74, 6) is 0.0926. The summed E-state index contributed by atoms with van der Waals surface area (Å²) in [6.07, 6.45) is 3.18. The number of anilines is 1. The van der Waals surface area contributed by atoms with Crippen LogP contribution in [0.1, 0.15) is 44.6 Å². The first-order chi connectivity index (χ1) is 15.0. The van der Waals surface area contributed by atoms with Gasteiger partial charge in [0.1, 0.15) is 6.04 Å². The highest BCUT2D eigenvalue weighted by molar-refractivity contribution is 8.00. The number of likely N-dealkylation sites (tertiary alicyclic amines) is 1. The Bertz CT molecular complexity index is 884. The third-order valence-corrected chi connectivity index (χ3v) is 6.90. The molecule has 0 aliphatic carbocycles. The van der Waals surface area contributed by atoms with E-state index in [1.807, 2.05) is 30.3 Å². The molecule has 2 heterocycles. The minimum atomic E-state index is -0.582. The molecule has 1 aliphatic rings. The Hall–Kier alpha value is -2.46. The SMILES string of the molecule is CC(NC(=O)CCC(=O)Nc1nnc(SCc2ccccc2)s1)C(=O)N1CCCCC1. The number of rotatable bonds is 9. The Morgan fingerprint density at radius 1 is 1.06 bits per heavy atom. The predicted molar refractivity (Wildman–Crippen MR) is 122 cm³/mol. The summed E-state index contributed by atoms with van der Waals surface area (Å²) in [5, 5.41) is 13.8. The average Bonchev–Trinajstić information content (AvgIpc) is 3.24. The standard InChI is InChI=1S/C21H27N5O3S2/c1-15(19(29)26-12-6-3-7-13-26)22-17(27)10-11-18(28)23-20-24-25-21(31-20)30-14-16-8-4-2-5-9-16/h2,4-5,8-9,15H,3,6-7,10-14H2,1H3,(H,22,27)(H,23,24,28). The third-order valence-electron chi connectivity index (χ3n) is 4.85. The van der Waals surface area contributed by atoms with Crippen LogP contribution >= 0.6 is 23.1 Å². The lowest BCUT2D eigenvalue weighted by molar-refractivity contribution is -0.136. The van der Waals surface area contributed by atoms with E-state index in [0.717, 1.165) is 42.4 Å². The van der Waals surface area contributed by atoms with Gasteiger partial charge in [0.25, 0.3) is 0 Å². The van der Waals surface area contributed by atoms with Crippen molar-refractivity contribution in [1.29, 1.82) is 0 Å². The maximum absolute atomic E-state index is 12.4. The quantitative estimate of drug-likeness (QED) is 0.439. The molecule has 10 heteroatoms. The highest BCUT2D eigenvalue weighted by Gasteiger charge is 2.23. The summed E-state index contributed by atoms with van der Waals surface area (Å²) in [7, 11) is 0. The highest BCUT2D eigenvalue weighted by atomic mass is 32.2. The number of hydrogen-bond acceptors (Lipinski definition) is 7. The van der Waals surface area contributed by atoms with Gasteiger partial charge in [-0.25, -0.2) is 0 Å². The molecule has 1 aliphatic heterocycles. The van der Waals surface area contributed by atoms with E-state index in [9.17, 15) is 14.4 Å². The molecule has 1 aromatic heterocycles. The number of nitrogens with one attached hydrogen (secondary N) is 2. The van der Waals surface area contributed by atoms with Crippen molar-refractivity contribution in [2.75, 3.05) is 18.4 Å². The van der Waals surface area contributed by atoms with E-state index >= 15 is 0 Å². The van der Waals surface area contributed by atoms with E-state index in [2.05, 4.69) is 20.8 Å².